The third-order valence-corrected chi connectivity index (χ3v) is 4.43. The molecule has 1 saturated carbocycles. The van der Waals surface area contributed by atoms with E-state index in [4.69, 9.17) is 0 Å². The molecule has 1 aliphatic heterocycles. The second kappa shape index (κ2) is 6.21. The zero-order valence-corrected chi connectivity index (χ0v) is 11.8. The van der Waals surface area contributed by atoms with Gasteiger partial charge < -0.3 is 5.32 Å². The number of fused-ring (bicyclic) bond motifs is 1. The summed E-state index contributed by atoms with van der Waals surface area (Å²) in [7, 11) is 0. The Bertz CT molecular complexity index is 495. The Morgan fingerprint density at radius 1 is 1.00 bits per heavy atom. The lowest BCUT2D eigenvalue weighted by Gasteiger charge is -2.29. The van der Waals surface area contributed by atoms with Gasteiger partial charge in [0.25, 0.3) is 0 Å². The number of nitrogens with one attached hydrogen (secondary N) is 1. The molecule has 1 heterocycles. The van der Waals surface area contributed by atoms with E-state index in [-0.39, 0.29) is 18.5 Å². The van der Waals surface area contributed by atoms with E-state index in [1.54, 1.807) is 0 Å². The first-order valence-electron chi connectivity index (χ1n) is 7.74. The molecule has 1 aromatic rings. The fourth-order valence-electron chi connectivity index (χ4n) is 3.43. The molecule has 0 radical (unpaired) electrons. The molecule has 106 valence electrons. The van der Waals surface area contributed by atoms with E-state index in [0.717, 1.165) is 18.6 Å². The van der Waals surface area contributed by atoms with Crippen LogP contribution in [0.25, 0.3) is 0 Å². The predicted molar refractivity (Wildman–Crippen MR) is 81.0 cm³/mol. The van der Waals surface area contributed by atoms with Crippen molar-refractivity contribution in [1.29, 1.82) is 0 Å². The van der Waals surface area contributed by atoms with Crippen LogP contribution in [-0.4, -0.2) is 24.2 Å². The van der Waals surface area contributed by atoms with Gasteiger partial charge in [-0.05, 0) is 18.4 Å². The number of hydrogen-bond acceptors (Lipinski definition) is 2. The Hall–Kier alpha value is -1.64. The Balaban J connectivity index is 1.94. The van der Waals surface area contributed by atoms with Crippen LogP contribution in [0.4, 0.5) is 0 Å². The number of amides is 1. The molecule has 1 amide bonds. The van der Waals surface area contributed by atoms with Crippen LogP contribution in [0.2, 0.25) is 0 Å². The van der Waals surface area contributed by atoms with Crippen molar-refractivity contribution < 1.29 is 4.79 Å². The van der Waals surface area contributed by atoms with Gasteiger partial charge in [0.2, 0.25) is 5.91 Å². The molecule has 2 aliphatic rings. The van der Waals surface area contributed by atoms with Gasteiger partial charge >= 0.3 is 0 Å². The summed E-state index contributed by atoms with van der Waals surface area (Å²) in [4.78, 5) is 16.5. The Kier molecular flexibility index (Phi) is 4.14. The van der Waals surface area contributed by atoms with Crippen LogP contribution in [0.5, 0.6) is 0 Å². The molecule has 0 aromatic heterocycles. The monoisotopic (exact) mass is 270 g/mol. The predicted octanol–water partition coefficient (Wildman–Crippen LogP) is 2.94. The SMILES string of the molecule is O=C1CN=C(c2ccccc2)C2CCCCCCC2N1. The maximum atomic E-state index is 11.9. The Morgan fingerprint density at radius 3 is 2.55 bits per heavy atom. The summed E-state index contributed by atoms with van der Waals surface area (Å²) < 4.78 is 0. The van der Waals surface area contributed by atoms with Gasteiger partial charge in [-0.15, -0.1) is 0 Å². The summed E-state index contributed by atoms with van der Waals surface area (Å²) >= 11 is 0. The summed E-state index contributed by atoms with van der Waals surface area (Å²) in [6.45, 7) is 0.275. The highest BCUT2D eigenvalue weighted by Crippen LogP contribution is 2.28. The van der Waals surface area contributed by atoms with Crippen molar-refractivity contribution >= 4 is 11.6 Å². The number of nitrogens with zero attached hydrogens (tertiary/aromatic N) is 1. The van der Waals surface area contributed by atoms with Crippen molar-refractivity contribution in [3.05, 3.63) is 35.9 Å². The number of carbonyl (C=O) groups is 1. The number of aliphatic imine (C=N–C) groups is 1. The molecule has 1 aliphatic carbocycles. The maximum absolute atomic E-state index is 11.9. The molecule has 3 nitrogen and oxygen atoms in total. The minimum absolute atomic E-state index is 0.0755. The smallest absolute Gasteiger partial charge is 0.241 e. The highest BCUT2D eigenvalue weighted by molar-refractivity contribution is 6.04. The molecule has 0 bridgehead atoms. The van der Waals surface area contributed by atoms with Gasteiger partial charge in [-0.2, -0.15) is 0 Å². The lowest BCUT2D eigenvalue weighted by atomic mass is 9.81. The van der Waals surface area contributed by atoms with Crippen LogP contribution in [0.1, 0.15) is 44.1 Å². The molecule has 2 atom stereocenters. The van der Waals surface area contributed by atoms with Crippen LogP contribution in [-0.2, 0) is 4.79 Å². The lowest BCUT2D eigenvalue weighted by molar-refractivity contribution is -0.120. The fraction of sp³-hybridized carbons (Fsp3) is 0.529. The maximum Gasteiger partial charge on any atom is 0.241 e. The average molecular weight is 270 g/mol. The first kappa shape index (κ1) is 13.3. The van der Waals surface area contributed by atoms with Gasteiger partial charge in [0.05, 0.1) is 0 Å². The van der Waals surface area contributed by atoms with E-state index in [9.17, 15) is 4.79 Å². The van der Waals surface area contributed by atoms with E-state index in [1.807, 2.05) is 6.07 Å². The van der Waals surface area contributed by atoms with Crippen LogP contribution in [0, 0.1) is 5.92 Å². The van der Waals surface area contributed by atoms with Crippen molar-refractivity contribution in [2.75, 3.05) is 6.54 Å². The van der Waals surface area contributed by atoms with E-state index in [2.05, 4.69) is 34.6 Å². The van der Waals surface area contributed by atoms with Gasteiger partial charge in [-0.1, -0.05) is 56.0 Å². The first-order chi connectivity index (χ1) is 9.84. The molecule has 0 saturated heterocycles. The van der Waals surface area contributed by atoms with Crippen molar-refractivity contribution in [2.24, 2.45) is 10.9 Å². The van der Waals surface area contributed by atoms with Crippen LogP contribution in [0.3, 0.4) is 0 Å². The van der Waals surface area contributed by atoms with E-state index in [1.165, 1.54) is 31.2 Å². The topological polar surface area (TPSA) is 41.5 Å². The molecule has 3 rings (SSSR count). The minimum atomic E-state index is 0.0755. The van der Waals surface area contributed by atoms with Crippen LogP contribution >= 0.6 is 0 Å². The lowest BCUT2D eigenvalue weighted by Crippen LogP contribution is -2.42. The van der Waals surface area contributed by atoms with Crippen molar-refractivity contribution in [3.63, 3.8) is 0 Å². The van der Waals surface area contributed by atoms with Gasteiger partial charge in [0.15, 0.2) is 0 Å². The van der Waals surface area contributed by atoms with Crippen molar-refractivity contribution in [2.45, 2.75) is 44.6 Å². The Morgan fingerprint density at radius 2 is 1.75 bits per heavy atom. The van der Waals surface area contributed by atoms with Crippen LogP contribution in [0.15, 0.2) is 35.3 Å². The van der Waals surface area contributed by atoms with Crippen molar-refractivity contribution in [3.8, 4) is 0 Å². The normalized spacial score (nSPS) is 27.4. The number of carbonyl (C=O) groups excluding carboxylic acids is 1. The van der Waals surface area contributed by atoms with Crippen molar-refractivity contribution in [1.82, 2.24) is 5.32 Å². The summed E-state index contributed by atoms with van der Waals surface area (Å²) in [5, 5.41) is 3.19. The van der Waals surface area contributed by atoms with E-state index >= 15 is 0 Å². The number of benzene rings is 1. The van der Waals surface area contributed by atoms with E-state index < -0.39 is 0 Å². The largest absolute Gasteiger partial charge is 0.351 e. The molecule has 1 N–H and O–H groups in total. The number of hydrogen-bond donors (Lipinski definition) is 1. The second-order valence-electron chi connectivity index (χ2n) is 5.84. The molecular formula is C17H22N2O. The average Bonchev–Trinajstić information content (AvgIpc) is 2.59. The molecule has 0 spiro atoms. The second-order valence-corrected chi connectivity index (χ2v) is 5.84. The summed E-state index contributed by atoms with van der Waals surface area (Å²) in [6.07, 6.45) is 7.27. The third kappa shape index (κ3) is 2.92. The Labute approximate surface area is 120 Å². The number of rotatable bonds is 1. The third-order valence-electron chi connectivity index (χ3n) is 4.43. The summed E-state index contributed by atoms with van der Waals surface area (Å²) in [5.74, 6) is 0.454. The molecule has 3 heteroatoms. The molecule has 1 aromatic carbocycles. The standard InChI is InChI=1S/C17H22N2O/c20-16-12-18-17(13-8-4-3-5-9-13)14-10-6-1-2-7-11-15(14)19-16/h3-5,8-9,14-15H,1-2,6-7,10-12H2,(H,19,20). The first-order valence-corrected chi connectivity index (χ1v) is 7.74. The zero-order chi connectivity index (χ0) is 13.8. The molecule has 2 unspecified atom stereocenters. The highest BCUT2D eigenvalue weighted by atomic mass is 16.1. The molecular weight excluding hydrogens is 248 g/mol. The molecule has 1 fully saturated rings. The summed E-state index contributed by atoms with van der Waals surface area (Å²) in [6, 6.07) is 10.6. The molecule has 20 heavy (non-hydrogen) atoms. The van der Waals surface area contributed by atoms with Gasteiger partial charge in [-0.25, -0.2) is 0 Å². The van der Waals surface area contributed by atoms with Gasteiger partial charge in [0.1, 0.15) is 6.54 Å². The zero-order valence-electron chi connectivity index (χ0n) is 11.8. The quantitative estimate of drug-likeness (QED) is 0.837. The van der Waals surface area contributed by atoms with Crippen LogP contribution < -0.4 is 5.32 Å². The minimum Gasteiger partial charge on any atom is -0.351 e. The van der Waals surface area contributed by atoms with Gasteiger partial charge in [0, 0.05) is 17.7 Å². The highest BCUT2D eigenvalue weighted by Gasteiger charge is 2.31. The van der Waals surface area contributed by atoms with E-state index in [0.29, 0.717) is 5.92 Å². The van der Waals surface area contributed by atoms with Gasteiger partial charge in [-0.3, -0.25) is 9.79 Å². The summed E-state index contributed by atoms with van der Waals surface area (Å²) in [5.41, 5.74) is 2.32. The fourth-order valence-corrected chi connectivity index (χ4v) is 3.43.